The van der Waals surface area contributed by atoms with Gasteiger partial charge in [-0.1, -0.05) is 37.6 Å². The first-order valence-corrected chi connectivity index (χ1v) is 8.74. The lowest BCUT2D eigenvalue weighted by atomic mass is 9.67. The van der Waals surface area contributed by atoms with Gasteiger partial charge in [-0.15, -0.1) is 0 Å². The van der Waals surface area contributed by atoms with Crippen molar-refractivity contribution in [1.29, 1.82) is 0 Å². The van der Waals surface area contributed by atoms with Crippen LogP contribution in [0.3, 0.4) is 0 Å². The third-order valence-corrected chi connectivity index (χ3v) is 5.00. The van der Waals surface area contributed by atoms with Gasteiger partial charge in [0.05, 0.1) is 0 Å². The van der Waals surface area contributed by atoms with Crippen LogP contribution in [0.2, 0.25) is 0 Å². The smallest absolute Gasteiger partial charge is 0.191 e. The maximum absolute atomic E-state index is 4.34. The van der Waals surface area contributed by atoms with E-state index in [9.17, 15) is 0 Å². The normalized spacial score (nSPS) is 17.0. The Morgan fingerprint density at radius 1 is 1.13 bits per heavy atom. The Morgan fingerprint density at radius 3 is 2.26 bits per heavy atom. The molecule has 0 heterocycles. The van der Waals surface area contributed by atoms with Crippen molar-refractivity contribution in [1.82, 2.24) is 15.5 Å². The molecule has 1 aliphatic carbocycles. The molecule has 1 saturated carbocycles. The Morgan fingerprint density at radius 2 is 1.78 bits per heavy atom. The highest BCUT2D eigenvalue weighted by atomic mass is 15.2. The number of benzene rings is 1. The average Bonchev–Trinajstić information content (AvgIpc) is 2.50. The quantitative estimate of drug-likeness (QED) is 0.600. The summed E-state index contributed by atoms with van der Waals surface area (Å²) in [6.07, 6.45) is 5.33. The molecule has 0 aromatic heterocycles. The first-order chi connectivity index (χ1) is 11.1. The van der Waals surface area contributed by atoms with Crippen molar-refractivity contribution >= 4 is 5.96 Å². The molecule has 0 bridgehead atoms. The Bertz CT molecular complexity index is 495. The molecule has 0 aliphatic heterocycles. The summed E-state index contributed by atoms with van der Waals surface area (Å²) in [5.74, 6) is 0.905. The fourth-order valence-electron chi connectivity index (χ4n) is 3.14. The second-order valence-electron chi connectivity index (χ2n) is 7.04. The minimum Gasteiger partial charge on any atom is -0.356 e. The van der Waals surface area contributed by atoms with Gasteiger partial charge in [0.1, 0.15) is 0 Å². The standard InChI is InChI=1S/C19H32N4/c1-5-19(11-6-12-19)15-22-18(20-2)21-13-16-7-9-17(10-8-16)14-23(3)4/h7-10H,5-6,11-15H2,1-4H3,(H2,20,21,22). The number of guanidine groups is 1. The Kier molecular flexibility index (Phi) is 6.46. The van der Waals surface area contributed by atoms with Gasteiger partial charge in [-0.2, -0.15) is 0 Å². The van der Waals surface area contributed by atoms with Crippen LogP contribution in [-0.4, -0.2) is 38.5 Å². The Hall–Kier alpha value is -1.55. The van der Waals surface area contributed by atoms with Gasteiger partial charge in [0.2, 0.25) is 0 Å². The fraction of sp³-hybridized carbons (Fsp3) is 0.632. The first-order valence-electron chi connectivity index (χ1n) is 8.74. The molecule has 1 aliphatic rings. The van der Waals surface area contributed by atoms with Crippen LogP contribution >= 0.6 is 0 Å². The lowest BCUT2D eigenvalue weighted by Crippen LogP contribution is -2.46. The molecule has 4 heteroatoms. The van der Waals surface area contributed by atoms with E-state index in [-0.39, 0.29) is 0 Å². The molecule has 0 amide bonds. The molecule has 0 atom stereocenters. The predicted molar refractivity (Wildman–Crippen MR) is 98.6 cm³/mol. The van der Waals surface area contributed by atoms with E-state index >= 15 is 0 Å². The van der Waals surface area contributed by atoms with Crippen LogP contribution in [0.4, 0.5) is 0 Å². The average molecular weight is 316 g/mol. The maximum atomic E-state index is 4.34. The zero-order valence-corrected chi connectivity index (χ0v) is 15.2. The molecule has 2 rings (SSSR count). The lowest BCUT2D eigenvalue weighted by Gasteiger charge is -2.41. The summed E-state index contributed by atoms with van der Waals surface area (Å²) in [6.45, 7) is 5.12. The van der Waals surface area contributed by atoms with Crippen molar-refractivity contribution in [3.05, 3.63) is 35.4 Å². The van der Waals surface area contributed by atoms with E-state index in [1.165, 1.54) is 36.8 Å². The van der Waals surface area contributed by atoms with Crippen LogP contribution in [0.15, 0.2) is 29.3 Å². The lowest BCUT2D eigenvalue weighted by molar-refractivity contribution is 0.131. The van der Waals surface area contributed by atoms with Gasteiger partial charge in [-0.25, -0.2) is 0 Å². The first kappa shape index (κ1) is 17.8. The van der Waals surface area contributed by atoms with E-state index in [0.717, 1.165) is 25.6 Å². The van der Waals surface area contributed by atoms with Crippen molar-refractivity contribution in [2.24, 2.45) is 10.4 Å². The van der Waals surface area contributed by atoms with Gasteiger partial charge < -0.3 is 15.5 Å². The summed E-state index contributed by atoms with van der Waals surface area (Å²) < 4.78 is 0. The summed E-state index contributed by atoms with van der Waals surface area (Å²) in [5.41, 5.74) is 3.13. The maximum Gasteiger partial charge on any atom is 0.191 e. The van der Waals surface area contributed by atoms with Crippen molar-refractivity contribution in [3.63, 3.8) is 0 Å². The molecule has 0 saturated heterocycles. The largest absolute Gasteiger partial charge is 0.356 e. The fourth-order valence-corrected chi connectivity index (χ4v) is 3.14. The van der Waals surface area contributed by atoms with Gasteiger partial charge in [-0.05, 0) is 49.9 Å². The summed E-state index contributed by atoms with van der Waals surface area (Å²) >= 11 is 0. The van der Waals surface area contributed by atoms with Crippen LogP contribution < -0.4 is 10.6 Å². The highest BCUT2D eigenvalue weighted by Gasteiger charge is 2.34. The number of nitrogens with one attached hydrogen (secondary N) is 2. The molecule has 4 nitrogen and oxygen atoms in total. The van der Waals surface area contributed by atoms with E-state index in [1.54, 1.807) is 0 Å². The molecule has 0 radical (unpaired) electrons. The molecule has 1 fully saturated rings. The molecule has 128 valence electrons. The van der Waals surface area contributed by atoms with Crippen LogP contribution in [0.5, 0.6) is 0 Å². The SMILES string of the molecule is CCC1(CNC(=NC)NCc2ccc(CN(C)C)cc2)CCC1. The van der Waals surface area contributed by atoms with Crippen molar-refractivity contribution < 1.29 is 0 Å². The van der Waals surface area contributed by atoms with Gasteiger partial charge >= 0.3 is 0 Å². The number of nitrogens with zero attached hydrogens (tertiary/aromatic N) is 2. The van der Waals surface area contributed by atoms with Gasteiger partial charge in [0.15, 0.2) is 5.96 Å². The van der Waals surface area contributed by atoms with Gasteiger partial charge in [0, 0.05) is 26.7 Å². The molecular weight excluding hydrogens is 284 g/mol. The number of hydrogen-bond acceptors (Lipinski definition) is 2. The number of hydrogen-bond donors (Lipinski definition) is 2. The highest BCUT2D eigenvalue weighted by molar-refractivity contribution is 5.79. The molecule has 1 aromatic carbocycles. The second-order valence-corrected chi connectivity index (χ2v) is 7.04. The molecule has 1 aromatic rings. The molecule has 0 spiro atoms. The third kappa shape index (κ3) is 5.24. The van der Waals surface area contributed by atoms with Gasteiger partial charge in [-0.3, -0.25) is 4.99 Å². The van der Waals surface area contributed by atoms with Gasteiger partial charge in [0.25, 0.3) is 0 Å². The van der Waals surface area contributed by atoms with E-state index < -0.39 is 0 Å². The molecule has 2 N–H and O–H groups in total. The highest BCUT2D eigenvalue weighted by Crippen LogP contribution is 2.42. The summed E-state index contributed by atoms with van der Waals surface area (Å²) in [4.78, 5) is 6.53. The molecular formula is C19H32N4. The van der Waals surface area contributed by atoms with Crippen LogP contribution in [0.25, 0.3) is 0 Å². The zero-order valence-electron chi connectivity index (χ0n) is 15.2. The Labute approximate surface area is 141 Å². The van der Waals surface area contributed by atoms with Crippen molar-refractivity contribution in [3.8, 4) is 0 Å². The Balaban J connectivity index is 1.78. The summed E-state index contributed by atoms with van der Waals surface area (Å²) in [7, 11) is 6.03. The van der Waals surface area contributed by atoms with E-state index in [0.29, 0.717) is 5.41 Å². The van der Waals surface area contributed by atoms with E-state index in [2.05, 4.69) is 65.8 Å². The minimum atomic E-state index is 0.505. The van der Waals surface area contributed by atoms with Crippen molar-refractivity contribution in [2.75, 3.05) is 27.7 Å². The monoisotopic (exact) mass is 316 g/mol. The second kappa shape index (κ2) is 8.34. The van der Waals surface area contributed by atoms with Crippen LogP contribution in [0, 0.1) is 5.41 Å². The summed E-state index contributed by atoms with van der Waals surface area (Å²) in [5, 5.41) is 6.92. The number of aliphatic imine (C=N–C) groups is 1. The third-order valence-electron chi connectivity index (χ3n) is 5.00. The molecule has 0 unspecified atom stereocenters. The topological polar surface area (TPSA) is 39.7 Å². The van der Waals surface area contributed by atoms with E-state index in [4.69, 9.17) is 0 Å². The van der Waals surface area contributed by atoms with Crippen LogP contribution in [0.1, 0.15) is 43.7 Å². The zero-order chi connectivity index (χ0) is 16.7. The summed E-state index contributed by atoms with van der Waals surface area (Å²) in [6, 6.07) is 8.79. The molecule has 23 heavy (non-hydrogen) atoms. The van der Waals surface area contributed by atoms with Crippen LogP contribution in [-0.2, 0) is 13.1 Å². The van der Waals surface area contributed by atoms with Crippen molar-refractivity contribution in [2.45, 2.75) is 45.7 Å². The predicted octanol–water partition coefficient (Wildman–Crippen LogP) is 2.99. The van der Waals surface area contributed by atoms with E-state index in [1.807, 2.05) is 7.05 Å². The minimum absolute atomic E-state index is 0.505. The number of rotatable bonds is 7.